The van der Waals surface area contributed by atoms with Gasteiger partial charge < -0.3 is 5.11 Å². The monoisotopic (exact) mass is 383 g/mol. The molecule has 0 spiro atoms. The molecule has 3 nitrogen and oxygen atoms in total. The van der Waals surface area contributed by atoms with Crippen LogP contribution in [0.25, 0.3) is 16.7 Å². The Morgan fingerprint density at radius 2 is 1.92 bits per heavy atom. The molecular formula is C21H21NO2S2. The van der Waals surface area contributed by atoms with Gasteiger partial charge in [0.2, 0.25) is 0 Å². The van der Waals surface area contributed by atoms with Crippen molar-refractivity contribution in [1.29, 1.82) is 0 Å². The van der Waals surface area contributed by atoms with E-state index < -0.39 is 5.97 Å². The number of rotatable bonds is 7. The number of carboxylic acids is 1. The highest BCUT2D eigenvalue weighted by molar-refractivity contribution is 7.11. The Labute approximate surface area is 161 Å². The van der Waals surface area contributed by atoms with Gasteiger partial charge in [-0.2, -0.15) is 11.3 Å². The lowest BCUT2D eigenvalue weighted by Gasteiger charge is -2.13. The van der Waals surface area contributed by atoms with Gasteiger partial charge in [0, 0.05) is 11.4 Å². The SMILES string of the molecule is Cc1csc(C(=CCN(C)CC(=O)O)c2ccc(-c3ccsc3)cc2)c1. The molecule has 0 aliphatic carbocycles. The molecule has 0 aliphatic heterocycles. The van der Waals surface area contributed by atoms with Gasteiger partial charge in [-0.15, -0.1) is 11.3 Å². The Bertz CT molecular complexity index is 893. The summed E-state index contributed by atoms with van der Waals surface area (Å²) in [5, 5.41) is 15.3. The van der Waals surface area contributed by atoms with E-state index in [-0.39, 0.29) is 6.54 Å². The van der Waals surface area contributed by atoms with Gasteiger partial charge in [-0.25, -0.2) is 0 Å². The van der Waals surface area contributed by atoms with E-state index in [2.05, 4.69) is 65.5 Å². The molecule has 0 saturated heterocycles. The first-order valence-electron chi connectivity index (χ1n) is 8.32. The second-order valence-electron chi connectivity index (χ2n) is 6.29. The number of hydrogen-bond donors (Lipinski definition) is 1. The Morgan fingerprint density at radius 3 is 2.50 bits per heavy atom. The number of nitrogens with zero attached hydrogens (tertiary/aromatic N) is 1. The van der Waals surface area contributed by atoms with Gasteiger partial charge in [-0.05, 0) is 70.1 Å². The predicted octanol–water partition coefficient (Wildman–Crippen LogP) is 5.23. The van der Waals surface area contributed by atoms with Gasteiger partial charge in [-0.1, -0.05) is 30.3 Å². The number of carbonyl (C=O) groups is 1. The van der Waals surface area contributed by atoms with Crippen LogP contribution in [-0.4, -0.2) is 36.1 Å². The maximum Gasteiger partial charge on any atom is 0.317 e. The molecular weight excluding hydrogens is 362 g/mol. The van der Waals surface area contributed by atoms with Crippen LogP contribution in [-0.2, 0) is 4.79 Å². The van der Waals surface area contributed by atoms with Crippen LogP contribution in [0, 0.1) is 6.92 Å². The summed E-state index contributed by atoms with van der Waals surface area (Å²) in [6, 6.07) is 12.9. The molecule has 0 atom stereocenters. The second kappa shape index (κ2) is 8.45. The lowest BCUT2D eigenvalue weighted by molar-refractivity contribution is -0.137. The molecule has 0 fully saturated rings. The first-order valence-corrected chi connectivity index (χ1v) is 10.1. The van der Waals surface area contributed by atoms with Crippen LogP contribution in [0.15, 0.2) is 58.6 Å². The van der Waals surface area contributed by atoms with Gasteiger partial charge in [0.1, 0.15) is 0 Å². The summed E-state index contributed by atoms with van der Waals surface area (Å²) in [4.78, 5) is 13.9. The average molecular weight is 384 g/mol. The van der Waals surface area contributed by atoms with Crippen LogP contribution in [0.5, 0.6) is 0 Å². The van der Waals surface area contributed by atoms with Crippen molar-refractivity contribution < 1.29 is 9.90 Å². The second-order valence-corrected chi connectivity index (χ2v) is 7.98. The molecule has 26 heavy (non-hydrogen) atoms. The number of thiophene rings is 2. The Kier molecular flexibility index (Phi) is 6.04. The molecule has 5 heteroatoms. The molecule has 0 saturated carbocycles. The molecule has 0 bridgehead atoms. The molecule has 2 aromatic heterocycles. The highest BCUT2D eigenvalue weighted by atomic mass is 32.1. The fraction of sp³-hybridized carbons (Fsp3) is 0.190. The summed E-state index contributed by atoms with van der Waals surface area (Å²) >= 11 is 3.42. The fourth-order valence-corrected chi connectivity index (χ4v) is 4.37. The van der Waals surface area contributed by atoms with Crippen LogP contribution in [0.1, 0.15) is 16.0 Å². The Morgan fingerprint density at radius 1 is 1.15 bits per heavy atom. The van der Waals surface area contributed by atoms with Gasteiger partial charge in [0.05, 0.1) is 6.54 Å². The van der Waals surface area contributed by atoms with Crippen molar-refractivity contribution in [3.8, 4) is 11.1 Å². The third kappa shape index (κ3) is 4.69. The molecule has 0 unspecified atom stereocenters. The van der Waals surface area contributed by atoms with Gasteiger partial charge in [0.15, 0.2) is 0 Å². The lowest BCUT2D eigenvalue weighted by Crippen LogP contribution is -2.25. The molecule has 1 aromatic carbocycles. The standard InChI is InChI=1S/C21H21NO2S2/c1-15-11-20(26-13-15)19(7-9-22(2)12-21(23)24)17-5-3-16(4-6-17)18-8-10-25-14-18/h3-8,10-11,13-14H,9,12H2,1-2H3,(H,23,24). The highest BCUT2D eigenvalue weighted by Gasteiger charge is 2.10. The summed E-state index contributed by atoms with van der Waals surface area (Å²) in [7, 11) is 1.82. The maximum absolute atomic E-state index is 10.9. The fourth-order valence-electron chi connectivity index (χ4n) is 2.75. The third-order valence-electron chi connectivity index (χ3n) is 4.06. The van der Waals surface area contributed by atoms with E-state index in [0.29, 0.717) is 6.54 Å². The number of likely N-dealkylation sites (N-methyl/N-ethyl adjacent to an activating group) is 1. The van der Waals surface area contributed by atoms with E-state index in [1.165, 1.54) is 21.6 Å². The van der Waals surface area contributed by atoms with Gasteiger partial charge >= 0.3 is 5.97 Å². The van der Waals surface area contributed by atoms with Crippen LogP contribution in [0.2, 0.25) is 0 Å². The number of carboxylic acid groups (broad SMARTS) is 1. The van der Waals surface area contributed by atoms with Crippen molar-refractivity contribution in [2.24, 2.45) is 0 Å². The zero-order valence-corrected chi connectivity index (χ0v) is 16.4. The topological polar surface area (TPSA) is 40.5 Å². The van der Waals surface area contributed by atoms with Crippen LogP contribution < -0.4 is 0 Å². The summed E-state index contributed by atoms with van der Waals surface area (Å²) in [6.07, 6.45) is 2.12. The maximum atomic E-state index is 10.9. The first kappa shape index (κ1) is 18.6. The number of aryl methyl sites for hydroxylation is 1. The lowest BCUT2D eigenvalue weighted by atomic mass is 10.00. The van der Waals surface area contributed by atoms with E-state index in [1.807, 2.05) is 7.05 Å². The molecule has 0 radical (unpaired) electrons. The van der Waals surface area contributed by atoms with Gasteiger partial charge in [-0.3, -0.25) is 9.69 Å². The molecule has 0 aliphatic rings. The van der Waals surface area contributed by atoms with Crippen molar-refractivity contribution in [3.63, 3.8) is 0 Å². The van der Waals surface area contributed by atoms with Crippen LogP contribution >= 0.6 is 22.7 Å². The predicted molar refractivity (Wildman–Crippen MR) is 111 cm³/mol. The number of hydrogen-bond acceptors (Lipinski definition) is 4. The van der Waals surface area contributed by atoms with E-state index in [0.717, 1.165) is 11.1 Å². The van der Waals surface area contributed by atoms with E-state index in [9.17, 15) is 4.79 Å². The van der Waals surface area contributed by atoms with Crippen molar-refractivity contribution >= 4 is 34.2 Å². The minimum atomic E-state index is -0.811. The van der Waals surface area contributed by atoms with Crippen molar-refractivity contribution in [1.82, 2.24) is 4.90 Å². The van der Waals surface area contributed by atoms with E-state index in [1.54, 1.807) is 27.6 Å². The molecule has 1 N–H and O–H groups in total. The minimum absolute atomic E-state index is 0.0321. The summed E-state index contributed by atoms with van der Waals surface area (Å²) in [5.74, 6) is -0.811. The van der Waals surface area contributed by atoms with Crippen molar-refractivity contribution in [2.75, 3.05) is 20.1 Å². The van der Waals surface area contributed by atoms with Crippen LogP contribution in [0.4, 0.5) is 0 Å². The van der Waals surface area contributed by atoms with E-state index >= 15 is 0 Å². The molecule has 134 valence electrons. The quantitative estimate of drug-likeness (QED) is 0.607. The third-order valence-corrected chi connectivity index (χ3v) is 5.82. The summed E-state index contributed by atoms with van der Waals surface area (Å²) in [5.41, 5.74) is 5.98. The van der Waals surface area contributed by atoms with Crippen molar-refractivity contribution in [2.45, 2.75) is 6.92 Å². The summed E-state index contributed by atoms with van der Waals surface area (Å²) in [6.45, 7) is 2.71. The van der Waals surface area contributed by atoms with E-state index in [4.69, 9.17) is 5.11 Å². The van der Waals surface area contributed by atoms with Gasteiger partial charge in [0.25, 0.3) is 0 Å². The Balaban J connectivity index is 1.89. The smallest absolute Gasteiger partial charge is 0.317 e. The first-order chi connectivity index (χ1) is 12.5. The zero-order valence-electron chi connectivity index (χ0n) is 14.8. The normalized spacial score (nSPS) is 11.9. The largest absolute Gasteiger partial charge is 0.480 e. The molecule has 2 heterocycles. The minimum Gasteiger partial charge on any atom is -0.480 e. The average Bonchev–Trinajstić information content (AvgIpc) is 3.27. The van der Waals surface area contributed by atoms with Crippen molar-refractivity contribution in [3.05, 3.63) is 74.6 Å². The zero-order chi connectivity index (χ0) is 18.5. The highest BCUT2D eigenvalue weighted by Crippen LogP contribution is 2.31. The number of aliphatic carboxylic acids is 1. The Hall–Kier alpha value is -2.21. The molecule has 0 amide bonds. The number of benzene rings is 1. The molecule has 3 rings (SSSR count). The summed E-state index contributed by atoms with van der Waals surface area (Å²) < 4.78 is 0. The van der Waals surface area contributed by atoms with Crippen LogP contribution in [0.3, 0.4) is 0 Å². The molecule has 3 aromatic rings.